The molecule has 0 atom stereocenters. The van der Waals surface area contributed by atoms with E-state index in [-0.39, 0.29) is 12.1 Å². The third-order valence-corrected chi connectivity index (χ3v) is 1.53. The highest BCUT2D eigenvalue weighted by Crippen LogP contribution is 2.08. The van der Waals surface area contributed by atoms with Gasteiger partial charge in [-0.1, -0.05) is 5.92 Å². The second kappa shape index (κ2) is 4.38. The van der Waals surface area contributed by atoms with E-state index in [1.165, 1.54) is 0 Å². The van der Waals surface area contributed by atoms with Gasteiger partial charge in [0.1, 0.15) is 11.6 Å². The van der Waals surface area contributed by atoms with Crippen molar-refractivity contribution >= 4 is 5.91 Å². The largest absolute Gasteiger partial charge is 0.341 e. The third kappa shape index (κ3) is 2.30. The number of carbonyl (C=O) groups is 1. The van der Waals surface area contributed by atoms with Gasteiger partial charge in [-0.3, -0.25) is 4.79 Å². The molecule has 2 nitrogen and oxygen atoms in total. The van der Waals surface area contributed by atoms with E-state index in [2.05, 4.69) is 11.2 Å². The number of amides is 1. The van der Waals surface area contributed by atoms with Crippen molar-refractivity contribution in [1.29, 1.82) is 0 Å². The van der Waals surface area contributed by atoms with Crippen molar-refractivity contribution in [3.05, 3.63) is 35.4 Å². The van der Waals surface area contributed by atoms with Crippen molar-refractivity contribution in [3.63, 3.8) is 0 Å². The molecule has 1 amide bonds. The summed E-state index contributed by atoms with van der Waals surface area (Å²) in [5, 5.41) is 2.27. The van der Waals surface area contributed by atoms with Crippen LogP contribution in [0.2, 0.25) is 0 Å². The lowest BCUT2D eigenvalue weighted by Gasteiger charge is -2.02. The standard InChI is InChI=1S/C10H7F2NO/c1-2-5-13-10(14)8-4-3-7(11)6-9(8)12/h1,3-4,6H,5H2,(H,13,14). The highest BCUT2D eigenvalue weighted by atomic mass is 19.1. The molecule has 0 aliphatic heterocycles. The molecule has 4 heteroatoms. The quantitative estimate of drug-likeness (QED) is 0.708. The average molecular weight is 195 g/mol. The number of hydrogen-bond donors (Lipinski definition) is 1. The normalized spacial score (nSPS) is 9.21. The first-order valence-corrected chi connectivity index (χ1v) is 3.82. The smallest absolute Gasteiger partial charge is 0.255 e. The molecule has 0 saturated heterocycles. The number of terminal acetylenes is 1. The zero-order valence-corrected chi connectivity index (χ0v) is 7.18. The molecular weight excluding hydrogens is 188 g/mol. The number of benzene rings is 1. The number of nitrogens with one attached hydrogen (secondary N) is 1. The molecule has 0 heterocycles. The number of hydrogen-bond acceptors (Lipinski definition) is 1. The van der Waals surface area contributed by atoms with Crippen LogP contribution in [0.25, 0.3) is 0 Å². The van der Waals surface area contributed by atoms with E-state index in [9.17, 15) is 13.6 Å². The van der Waals surface area contributed by atoms with E-state index < -0.39 is 17.5 Å². The molecule has 14 heavy (non-hydrogen) atoms. The summed E-state index contributed by atoms with van der Waals surface area (Å²) in [5.41, 5.74) is -0.221. The van der Waals surface area contributed by atoms with Gasteiger partial charge in [0.2, 0.25) is 0 Å². The van der Waals surface area contributed by atoms with Crippen molar-refractivity contribution in [1.82, 2.24) is 5.32 Å². The molecule has 0 aromatic heterocycles. The van der Waals surface area contributed by atoms with E-state index in [4.69, 9.17) is 6.42 Å². The maximum Gasteiger partial charge on any atom is 0.255 e. The highest BCUT2D eigenvalue weighted by Gasteiger charge is 2.10. The molecule has 1 aromatic carbocycles. The molecule has 0 spiro atoms. The van der Waals surface area contributed by atoms with Crippen LogP contribution in [0.15, 0.2) is 18.2 Å². The van der Waals surface area contributed by atoms with Crippen LogP contribution < -0.4 is 5.32 Å². The molecule has 0 bridgehead atoms. The van der Waals surface area contributed by atoms with E-state index in [1.807, 2.05) is 0 Å². The predicted molar refractivity (Wildman–Crippen MR) is 47.5 cm³/mol. The van der Waals surface area contributed by atoms with E-state index in [0.717, 1.165) is 12.1 Å². The molecule has 0 saturated carbocycles. The van der Waals surface area contributed by atoms with Gasteiger partial charge in [-0.05, 0) is 12.1 Å². The van der Waals surface area contributed by atoms with Gasteiger partial charge < -0.3 is 5.32 Å². The monoisotopic (exact) mass is 195 g/mol. The summed E-state index contributed by atoms with van der Waals surface area (Å²) >= 11 is 0. The maximum absolute atomic E-state index is 13.0. The lowest BCUT2D eigenvalue weighted by atomic mass is 10.2. The van der Waals surface area contributed by atoms with E-state index in [0.29, 0.717) is 6.07 Å². The van der Waals surface area contributed by atoms with Crippen LogP contribution in [-0.2, 0) is 0 Å². The van der Waals surface area contributed by atoms with Gasteiger partial charge in [0.05, 0.1) is 12.1 Å². The first kappa shape index (κ1) is 10.2. The molecule has 1 N–H and O–H groups in total. The van der Waals surface area contributed by atoms with Crippen LogP contribution in [0.4, 0.5) is 8.78 Å². The van der Waals surface area contributed by atoms with Gasteiger partial charge in [-0.25, -0.2) is 8.78 Å². The van der Waals surface area contributed by atoms with Crippen LogP contribution in [-0.4, -0.2) is 12.5 Å². The molecule has 0 fully saturated rings. The predicted octanol–water partition coefficient (Wildman–Crippen LogP) is 1.33. The molecule has 0 radical (unpaired) electrons. The summed E-state index contributed by atoms with van der Waals surface area (Å²) < 4.78 is 25.4. The number of halogens is 2. The average Bonchev–Trinajstić information content (AvgIpc) is 2.14. The fourth-order valence-corrected chi connectivity index (χ4v) is 0.900. The summed E-state index contributed by atoms with van der Waals surface area (Å²) in [6.07, 6.45) is 4.90. The summed E-state index contributed by atoms with van der Waals surface area (Å²) in [5.74, 6) is -0.111. The topological polar surface area (TPSA) is 29.1 Å². The van der Waals surface area contributed by atoms with Gasteiger partial charge in [-0.2, -0.15) is 0 Å². The van der Waals surface area contributed by atoms with Crippen molar-refractivity contribution in [2.24, 2.45) is 0 Å². The summed E-state index contributed by atoms with van der Waals surface area (Å²) in [6, 6.07) is 2.72. The Morgan fingerprint density at radius 2 is 2.21 bits per heavy atom. The van der Waals surface area contributed by atoms with Crippen LogP contribution >= 0.6 is 0 Å². The van der Waals surface area contributed by atoms with Crippen LogP contribution in [0.3, 0.4) is 0 Å². The lowest BCUT2D eigenvalue weighted by Crippen LogP contribution is -2.24. The van der Waals surface area contributed by atoms with Gasteiger partial charge in [0.15, 0.2) is 0 Å². The Balaban J connectivity index is 2.86. The fourth-order valence-electron chi connectivity index (χ4n) is 0.900. The summed E-state index contributed by atoms with van der Waals surface area (Å²) in [7, 11) is 0. The number of rotatable bonds is 2. The Kier molecular flexibility index (Phi) is 3.19. The second-order valence-electron chi connectivity index (χ2n) is 2.51. The molecule has 1 rings (SSSR count). The third-order valence-electron chi connectivity index (χ3n) is 1.53. The Bertz CT molecular complexity index is 396. The Morgan fingerprint density at radius 1 is 1.50 bits per heavy atom. The van der Waals surface area contributed by atoms with Gasteiger partial charge in [0, 0.05) is 6.07 Å². The van der Waals surface area contributed by atoms with E-state index in [1.54, 1.807) is 0 Å². The Hall–Kier alpha value is -1.89. The van der Waals surface area contributed by atoms with Crippen LogP contribution in [0.1, 0.15) is 10.4 Å². The summed E-state index contributed by atoms with van der Waals surface area (Å²) in [6.45, 7) is 0.00957. The minimum absolute atomic E-state index is 0.00957. The van der Waals surface area contributed by atoms with E-state index >= 15 is 0 Å². The maximum atomic E-state index is 13.0. The highest BCUT2D eigenvalue weighted by molar-refractivity contribution is 5.94. The Morgan fingerprint density at radius 3 is 2.79 bits per heavy atom. The minimum atomic E-state index is -0.903. The lowest BCUT2D eigenvalue weighted by molar-refractivity contribution is 0.0954. The van der Waals surface area contributed by atoms with Crippen LogP contribution in [0, 0.1) is 24.0 Å². The zero-order valence-electron chi connectivity index (χ0n) is 7.18. The van der Waals surface area contributed by atoms with Crippen molar-refractivity contribution in [2.75, 3.05) is 6.54 Å². The molecule has 1 aromatic rings. The molecule has 72 valence electrons. The van der Waals surface area contributed by atoms with Crippen LogP contribution in [0.5, 0.6) is 0 Å². The zero-order chi connectivity index (χ0) is 10.6. The van der Waals surface area contributed by atoms with Gasteiger partial charge >= 0.3 is 0 Å². The SMILES string of the molecule is C#CCNC(=O)c1ccc(F)cc1F. The molecule has 0 aliphatic carbocycles. The van der Waals surface area contributed by atoms with Crippen molar-refractivity contribution in [2.45, 2.75) is 0 Å². The molecule has 0 aliphatic rings. The first-order chi connectivity index (χ1) is 6.65. The summed E-state index contributed by atoms with van der Waals surface area (Å²) in [4.78, 5) is 11.2. The minimum Gasteiger partial charge on any atom is -0.341 e. The van der Waals surface area contributed by atoms with Crippen molar-refractivity contribution < 1.29 is 13.6 Å². The van der Waals surface area contributed by atoms with Gasteiger partial charge in [0.25, 0.3) is 5.91 Å². The first-order valence-electron chi connectivity index (χ1n) is 3.82. The van der Waals surface area contributed by atoms with Gasteiger partial charge in [-0.15, -0.1) is 6.42 Å². The van der Waals surface area contributed by atoms with Crippen molar-refractivity contribution in [3.8, 4) is 12.3 Å². The second-order valence-corrected chi connectivity index (χ2v) is 2.51. The number of carbonyl (C=O) groups excluding carboxylic acids is 1. The fraction of sp³-hybridized carbons (Fsp3) is 0.100. The Labute approximate surface area is 79.9 Å². The molecular formula is C10H7F2NO. The molecule has 0 unspecified atom stereocenters.